The average Bonchev–Trinajstić information content (AvgIpc) is 2.97. The molecular formula is C16H22N4O3. The van der Waals surface area contributed by atoms with Crippen molar-refractivity contribution in [3.8, 4) is 5.75 Å². The van der Waals surface area contributed by atoms with Gasteiger partial charge in [0.15, 0.2) is 11.9 Å². The van der Waals surface area contributed by atoms with Crippen molar-refractivity contribution in [1.29, 1.82) is 0 Å². The van der Waals surface area contributed by atoms with E-state index in [-0.39, 0.29) is 5.92 Å². The number of rotatable bonds is 8. The van der Waals surface area contributed by atoms with Gasteiger partial charge in [-0.1, -0.05) is 32.4 Å². The molecule has 7 heteroatoms. The van der Waals surface area contributed by atoms with Crippen LogP contribution in [0, 0.1) is 5.92 Å². The molecule has 7 nitrogen and oxygen atoms in total. The molecule has 2 aromatic rings. The largest absolute Gasteiger partial charge is 0.494 e. The number of carboxylic acid groups (broad SMARTS) is 1. The molecule has 2 rings (SSSR count). The molecule has 0 saturated heterocycles. The summed E-state index contributed by atoms with van der Waals surface area (Å²) in [6, 6.07) is 6.88. The molecule has 2 atom stereocenters. The minimum absolute atomic E-state index is 0.0601. The molecule has 0 radical (unpaired) electrons. The third-order valence-electron chi connectivity index (χ3n) is 3.86. The molecule has 23 heavy (non-hydrogen) atoms. The minimum atomic E-state index is -0.917. The van der Waals surface area contributed by atoms with Crippen LogP contribution in [-0.4, -0.2) is 37.9 Å². The van der Waals surface area contributed by atoms with Crippen LogP contribution in [0.25, 0.3) is 0 Å². The molecule has 0 aliphatic heterocycles. The Morgan fingerprint density at radius 3 is 2.57 bits per heavy atom. The lowest BCUT2D eigenvalue weighted by molar-refractivity contribution is -0.143. The standard InChI is InChI=1S/C16H22N4O3/c1-4-11(3)15(16(21)22)20-14(17-18-19-20)10-12-6-8-13(9-7-12)23-5-2/h6-9,11,15H,4-5,10H2,1-3H3,(H,21,22). The fraction of sp³-hybridized carbons (Fsp3) is 0.500. The summed E-state index contributed by atoms with van der Waals surface area (Å²) in [5, 5.41) is 21.1. The Hall–Kier alpha value is -2.44. The van der Waals surface area contributed by atoms with Crippen molar-refractivity contribution < 1.29 is 14.6 Å². The van der Waals surface area contributed by atoms with Gasteiger partial charge >= 0.3 is 5.97 Å². The molecule has 0 spiro atoms. The normalized spacial score (nSPS) is 13.5. The average molecular weight is 318 g/mol. The van der Waals surface area contributed by atoms with Crippen LogP contribution >= 0.6 is 0 Å². The number of ether oxygens (including phenoxy) is 1. The van der Waals surface area contributed by atoms with Crippen LogP contribution in [0.5, 0.6) is 5.75 Å². The van der Waals surface area contributed by atoms with E-state index in [1.165, 1.54) is 4.68 Å². The minimum Gasteiger partial charge on any atom is -0.494 e. The van der Waals surface area contributed by atoms with Crippen molar-refractivity contribution in [2.45, 2.75) is 39.7 Å². The van der Waals surface area contributed by atoms with E-state index in [1.54, 1.807) is 0 Å². The molecular weight excluding hydrogens is 296 g/mol. The van der Waals surface area contributed by atoms with E-state index in [9.17, 15) is 9.90 Å². The van der Waals surface area contributed by atoms with Crippen molar-refractivity contribution in [3.05, 3.63) is 35.7 Å². The summed E-state index contributed by atoms with van der Waals surface area (Å²) in [6.45, 7) is 6.40. The maximum absolute atomic E-state index is 11.6. The summed E-state index contributed by atoms with van der Waals surface area (Å²) >= 11 is 0. The SMILES string of the molecule is CCOc1ccc(Cc2nnnn2C(C(=O)O)C(C)CC)cc1. The van der Waals surface area contributed by atoms with Crippen LogP contribution in [0.15, 0.2) is 24.3 Å². The molecule has 1 heterocycles. The molecule has 0 aliphatic carbocycles. The summed E-state index contributed by atoms with van der Waals surface area (Å²) in [5.74, 6) is 0.371. The number of carboxylic acids is 1. The van der Waals surface area contributed by atoms with Gasteiger partial charge in [0.1, 0.15) is 5.75 Å². The highest BCUT2D eigenvalue weighted by Crippen LogP contribution is 2.22. The van der Waals surface area contributed by atoms with Gasteiger partial charge < -0.3 is 9.84 Å². The van der Waals surface area contributed by atoms with Gasteiger partial charge in [-0.15, -0.1) is 5.10 Å². The highest BCUT2D eigenvalue weighted by Gasteiger charge is 2.29. The van der Waals surface area contributed by atoms with Gasteiger partial charge in [0.2, 0.25) is 0 Å². The molecule has 1 N–H and O–H groups in total. The molecule has 2 unspecified atom stereocenters. The third kappa shape index (κ3) is 4.06. The van der Waals surface area contributed by atoms with Crippen molar-refractivity contribution in [3.63, 3.8) is 0 Å². The highest BCUT2D eigenvalue weighted by atomic mass is 16.5. The molecule has 0 bridgehead atoms. The Morgan fingerprint density at radius 2 is 2.00 bits per heavy atom. The smallest absolute Gasteiger partial charge is 0.328 e. The van der Waals surface area contributed by atoms with Gasteiger partial charge in [-0.3, -0.25) is 0 Å². The zero-order chi connectivity index (χ0) is 16.8. The number of hydrogen-bond acceptors (Lipinski definition) is 5. The number of tetrazole rings is 1. The first-order valence-corrected chi connectivity index (χ1v) is 7.78. The maximum atomic E-state index is 11.6. The first-order chi connectivity index (χ1) is 11.1. The monoisotopic (exact) mass is 318 g/mol. The van der Waals surface area contributed by atoms with E-state index in [0.29, 0.717) is 18.9 Å². The Morgan fingerprint density at radius 1 is 1.30 bits per heavy atom. The van der Waals surface area contributed by atoms with Gasteiger partial charge in [0.05, 0.1) is 6.61 Å². The Kier molecular flexibility index (Phi) is 5.67. The zero-order valence-electron chi connectivity index (χ0n) is 13.6. The van der Waals surface area contributed by atoms with Crippen LogP contribution < -0.4 is 4.74 Å². The Labute approximate surface area is 135 Å². The van der Waals surface area contributed by atoms with Crippen LogP contribution in [0.3, 0.4) is 0 Å². The maximum Gasteiger partial charge on any atom is 0.328 e. The van der Waals surface area contributed by atoms with Crippen molar-refractivity contribution in [2.75, 3.05) is 6.61 Å². The fourth-order valence-corrected chi connectivity index (χ4v) is 2.41. The van der Waals surface area contributed by atoms with Gasteiger partial charge in [0, 0.05) is 6.42 Å². The summed E-state index contributed by atoms with van der Waals surface area (Å²) in [7, 11) is 0. The van der Waals surface area contributed by atoms with Crippen molar-refractivity contribution in [2.24, 2.45) is 5.92 Å². The molecule has 1 aromatic carbocycles. The Bertz CT molecular complexity index is 639. The van der Waals surface area contributed by atoms with Gasteiger partial charge in [-0.2, -0.15) is 0 Å². The summed E-state index contributed by atoms with van der Waals surface area (Å²) in [4.78, 5) is 11.6. The second-order valence-corrected chi connectivity index (χ2v) is 5.46. The van der Waals surface area contributed by atoms with Gasteiger partial charge in [-0.25, -0.2) is 9.48 Å². The number of nitrogens with zero attached hydrogens (tertiary/aromatic N) is 4. The lowest BCUT2D eigenvalue weighted by Gasteiger charge is -2.19. The summed E-state index contributed by atoms with van der Waals surface area (Å²) in [5.41, 5.74) is 0.998. The number of benzene rings is 1. The topological polar surface area (TPSA) is 90.1 Å². The molecule has 0 saturated carbocycles. The lowest BCUT2D eigenvalue weighted by Crippen LogP contribution is -2.28. The summed E-state index contributed by atoms with van der Waals surface area (Å²) in [6.07, 6.45) is 1.21. The predicted molar refractivity (Wildman–Crippen MR) is 84.4 cm³/mol. The van der Waals surface area contributed by atoms with Crippen LogP contribution in [0.4, 0.5) is 0 Å². The fourth-order valence-electron chi connectivity index (χ4n) is 2.41. The quantitative estimate of drug-likeness (QED) is 0.803. The molecule has 0 amide bonds. The van der Waals surface area contributed by atoms with E-state index in [0.717, 1.165) is 17.7 Å². The van der Waals surface area contributed by atoms with Crippen molar-refractivity contribution in [1.82, 2.24) is 20.2 Å². The van der Waals surface area contributed by atoms with Gasteiger partial charge in [0.25, 0.3) is 0 Å². The second kappa shape index (κ2) is 7.71. The number of aliphatic carboxylic acids is 1. The van der Waals surface area contributed by atoms with Crippen LogP contribution in [-0.2, 0) is 11.2 Å². The van der Waals surface area contributed by atoms with E-state index in [4.69, 9.17) is 4.74 Å². The van der Waals surface area contributed by atoms with E-state index < -0.39 is 12.0 Å². The van der Waals surface area contributed by atoms with E-state index in [1.807, 2.05) is 45.0 Å². The predicted octanol–water partition coefficient (Wildman–Crippen LogP) is 2.33. The van der Waals surface area contributed by atoms with Crippen LogP contribution in [0.2, 0.25) is 0 Å². The van der Waals surface area contributed by atoms with E-state index in [2.05, 4.69) is 15.5 Å². The third-order valence-corrected chi connectivity index (χ3v) is 3.86. The van der Waals surface area contributed by atoms with Crippen molar-refractivity contribution >= 4 is 5.97 Å². The molecule has 124 valence electrons. The molecule has 0 fully saturated rings. The summed E-state index contributed by atoms with van der Waals surface area (Å²) < 4.78 is 6.84. The zero-order valence-corrected chi connectivity index (χ0v) is 13.6. The first-order valence-electron chi connectivity index (χ1n) is 7.78. The van der Waals surface area contributed by atoms with E-state index >= 15 is 0 Å². The molecule has 0 aliphatic rings. The lowest BCUT2D eigenvalue weighted by atomic mass is 9.99. The highest BCUT2D eigenvalue weighted by molar-refractivity contribution is 5.72. The Balaban J connectivity index is 2.21. The number of carbonyl (C=O) groups is 1. The second-order valence-electron chi connectivity index (χ2n) is 5.46. The number of aromatic nitrogens is 4. The first kappa shape index (κ1) is 16.9. The number of hydrogen-bond donors (Lipinski definition) is 1. The van der Waals surface area contributed by atoms with Crippen LogP contribution in [0.1, 0.15) is 44.6 Å². The van der Waals surface area contributed by atoms with Gasteiger partial charge in [-0.05, 0) is 41.0 Å². The molecule has 1 aromatic heterocycles.